The van der Waals surface area contributed by atoms with Crippen LogP contribution in [-0.2, 0) is 6.42 Å². The zero-order valence-corrected chi connectivity index (χ0v) is 11.2. The van der Waals surface area contributed by atoms with Crippen molar-refractivity contribution in [1.82, 2.24) is 0 Å². The van der Waals surface area contributed by atoms with Gasteiger partial charge in [0, 0.05) is 12.0 Å². The first-order valence-electron chi connectivity index (χ1n) is 6.53. The lowest BCUT2D eigenvalue weighted by Gasteiger charge is -2.11. The average molecular weight is 238 g/mol. The second-order valence-corrected chi connectivity index (χ2v) is 5.35. The highest BCUT2D eigenvalue weighted by atomic mass is 16.3. The quantitative estimate of drug-likeness (QED) is 0.732. The molecule has 1 heterocycles. The summed E-state index contributed by atoms with van der Waals surface area (Å²) >= 11 is 0. The third kappa shape index (κ3) is 1.71. The highest BCUT2D eigenvalue weighted by Crippen LogP contribution is 2.37. The number of furan rings is 1. The predicted molar refractivity (Wildman–Crippen MR) is 75.6 cm³/mol. The Hall–Kier alpha value is -1.76. The van der Waals surface area contributed by atoms with Crippen LogP contribution in [0.3, 0.4) is 0 Å². The molecule has 0 fully saturated rings. The summed E-state index contributed by atoms with van der Waals surface area (Å²) in [6, 6.07) is 8.63. The number of rotatable bonds is 2. The van der Waals surface area contributed by atoms with Crippen molar-refractivity contribution in [1.29, 1.82) is 0 Å². The average Bonchev–Trinajstić information content (AvgIpc) is 2.92. The van der Waals surface area contributed by atoms with Crippen LogP contribution in [0.2, 0.25) is 0 Å². The van der Waals surface area contributed by atoms with Crippen molar-refractivity contribution in [2.75, 3.05) is 0 Å². The van der Waals surface area contributed by atoms with Gasteiger partial charge in [0.2, 0.25) is 0 Å². The smallest absolute Gasteiger partial charge is 0.133 e. The molecular formula is C17H18O. The van der Waals surface area contributed by atoms with E-state index in [2.05, 4.69) is 45.0 Å². The van der Waals surface area contributed by atoms with Crippen LogP contribution in [0.5, 0.6) is 0 Å². The van der Waals surface area contributed by atoms with Crippen LogP contribution in [0.15, 0.2) is 34.9 Å². The van der Waals surface area contributed by atoms with Gasteiger partial charge in [-0.1, -0.05) is 32.0 Å². The fraction of sp³-hybridized carbons (Fsp3) is 0.294. The lowest BCUT2D eigenvalue weighted by Crippen LogP contribution is -1.96. The van der Waals surface area contributed by atoms with Gasteiger partial charge in [0.25, 0.3) is 0 Å². The number of allylic oxidation sites excluding steroid dienone is 1. The lowest BCUT2D eigenvalue weighted by molar-refractivity contribution is 0.550. The maximum atomic E-state index is 5.61. The van der Waals surface area contributed by atoms with Crippen molar-refractivity contribution in [3.63, 3.8) is 0 Å². The Labute approximate surface area is 108 Å². The van der Waals surface area contributed by atoms with Gasteiger partial charge in [0.05, 0.1) is 6.26 Å². The van der Waals surface area contributed by atoms with Crippen molar-refractivity contribution in [3.05, 3.63) is 58.5 Å². The normalized spacial score (nSPS) is 13.9. The molecular weight excluding hydrogens is 220 g/mol. The fourth-order valence-electron chi connectivity index (χ4n) is 2.78. The summed E-state index contributed by atoms with van der Waals surface area (Å²) in [5, 5.41) is 0. The van der Waals surface area contributed by atoms with E-state index in [0.29, 0.717) is 5.92 Å². The van der Waals surface area contributed by atoms with Crippen LogP contribution < -0.4 is 0 Å². The summed E-state index contributed by atoms with van der Waals surface area (Å²) in [7, 11) is 0. The van der Waals surface area contributed by atoms with Gasteiger partial charge in [0.1, 0.15) is 5.76 Å². The Morgan fingerprint density at radius 2 is 2.00 bits per heavy atom. The first-order chi connectivity index (χ1) is 8.66. The Kier molecular flexibility index (Phi) is 2.62. The molecule has 0 N–H and O–H groups in total. The Balaban J connectivity index is 2.03. The molecule has 0 unspecified atom stereocenters. The number of benzene rings is 1. The minimum atomic E-state index is 0.574. The van der Waals surface area contributed by atoms with E-state index in [9.17, 15) is 0 Å². The van der Waals surface area contributed by atoms with Crippen LogP contribution in [-0.4, -0.2) is 0 Å². The van der Waals surface area contributed by atoms with Crippen molar-refractivity contribution in [3.8, 4) is 0 Å². The molecule has 0 atom stereocenters. The molecule has 0 spiro atoms. The summed E-state index contributed by atoms with van der Waals surface area (Å²) in [5.41, 5.74) is 6.81. The SMILES string of the molecule is Cc1ccoc1C1=Cc2cccc(C(C)C)c2C1. The molecule has 92 valence electrons. The van der Waals surface area contributed by atoms with Gasteiger partial charge in [-0.3, -0.25) is 0 Å². The maximum absolute atomic E-state index is 5.61. The molecule has 1 aliphatic rings. The first-order valence-corrected chi connectivity index (χ1v) is 6.53. The van der Waals surface area contributed by atoms with E-state index >= 15 is 0 Å². The molecule has 18 heavy (non-hydrogen) atoms. The standard InChI is InChI=1S/C17H18O/c1-11(2)15-6-4-5-13-9-14(10-16(13)15)17-12(3)7-8-18-17/h4-9,11H,10H2,1-3H3. The van der Waals surface area contributed by atoms with E-state index in [0.717, 1.165) is 12.2 Å². The minimum absolute atomic E-state index is 0.574. The molecule has 0 radical (unpaired) electrons. The third-order valence-corrected chi connectivity index (χ3v) is 3.72. The summed E-state index contributed by atoms with van der Waals surface area (Å²) < 4.78 is 5.61. The Bertz CT molecular complexity index is 614. The number of fused-ring (bicyclic) bond motifs is 1. The van der Waals surface area contributed by atoms with Gasteiger partial charge in [-0.15, -0.1) is 0 Å². The van der Waals surface area contributed by atoms with Crippen molar-refractivity contribution in [2.45, 2.75) is 33.1 Å². The second kappa shape index (κ2) is 4.16. The second-order valence-electron chi connectivity index (χ2n) is 5.35. The summed E-state index contributed by atoms with van der Waals surface area (Å²) in [6.07, 6.45) is 5.04. The van der Waals surface area contributed by atoms with E-state index in [1.165, 1.54) is 27.8 Å². The number of hydrogen-bond acceptors (Lipinski definition) is 1. The molecule has 1 aliphatic carbocycles. The maximum Gasteiger partial charge on any atom is 0.133 e. The van der Waals surface area contributed by atoms with Crippen molar-refractivity contribution in [2.24, 2.45) is 0 Å². The molecule has 0 aliphatic heterocycles. The molecule has 0 saturated heterocycles. The monoisotopic (exact) mass is 238 g/mol. The molecule has 1 heteroatoms. The highest BCUT2D eigenvalue weighted by Gasteiger charge is 2.20. The largest absolute Gasteiger partial charge is 0.464 e. The number of aryl methyl sites for hydroxylation is 1. The molecule has 1 nitrogen and oxygen atoms in total. The van der Waals surface area contributed by atoms with Crippen LogP contribution in [0.25, 0.3) is 11.6 Å². The van der Waals surface area contributed by atoms with Crippen LogP contribution in [0.1, 0.15) is 47.8 Å². The first kappa shape index (κ1) is 11.3. The Morgan fingerprint density at radius 1 is 1.17 bits per heavy atom. The van der Waals surface area contributed by atoms with Crippen LogP contribution in [0.4, 0.5) is 0 Å². The van der Waals surface area contributed by atoms with Crippen molar-refractivity contribution < 1.29 is 4.42 Å². The van der Waals surface area contributed by atoms with E-state index in [4.69, 9.17) is 4.42 Å². The molecule has 0 saturated carbocycles. The van der Waals surface area contributed by atoms with Crippen LogP contribution in [0, 0.1) is 6.92 Å². The van der Waals surface area contributed by atoms with Gasteiger partial charge < -0.3 is 4.42 Å². The molecule has 2 aromatic rings. The summed E-state index contributed by atoms with van der Waals surface area (Å²) in [6.45, 7) is 6.61. The zero-order valence-electron chi connectivity index (χ0n) is 11.2. The molecule has 3 rings (SSSR count). The van der Waals surface area contributed by atoms with E-state index < -0.39 is 0 Å². The summed E-state index contributed by atoms with van der Waals surface area (Å²) in [4.78, 5) is 0. The lowest BCUT2D eigenvalue weighted by atomic mass is 9.93. The van der Waals surface area contributed by atoms with Gasteiger partial charge in [-0.25, -0.2) is 0 Å². The topological polar surface area (TPSA) is 13.1 Å². The molecule has 0 bridgehead atoms. The van der Waals surface area contributed by atoms with Gasteiger partial charge in [-0.2, -0.15) is 0 Å². The number of hydrogen-bond donors (Lipinski definition) is 0. The van der Waals surface area contributed by atoms with E-state index in [1.807, 2.05) is 6.07 Å². The molecule has 1 aromatic carbocycles. The summed E-state index contributed by atoms with van der Waals surface area (Å²) in [5.74, 6) is 1.62. The fourth-order valence-corrected chi connectivity index (χ4v) is 2.78. The predicted octanol–water partition coefficient (Wildman–Crippen LogP) is 4.81. The zero-order chi connectivity index (χ0) is 12.7. The van der Waals surface area contributed by atoms with E-state index in [1.54, 1.807) is 6.26 Å². The molecule has 1 aromatic heterocycles. The highest BCUT2D eigenvalue weighted by molar-refractivity contribution is 5.88. The van der Waals surface area contributed by atoms with Gasteiger partial charge >= 0.3 is 0 Å². The third-order valence-electron chi connectivity index (χ3n) is 3.72. The van der Waals surface area contributed by atoms with E-state index in [-0.39, 0.29) is 0 Å². The molecule has 0 amide bonds. The van der Waals surface area contributed by atoms with Crippen LogP contribution >= 0.6 is 0 Å². The van der Waals surface area contributed by atoms with Crippen molar-refractivity contribution >= 4 is 11.6 Å². The Morgan fingerprint density at radius 3 is 2.67 bits per heavy atom. The van der Waals surface area contributed by atoms with Gasteiger partial charge in [-0.05, 0) is 47.2 Å². The minimum Gasteiger partial charge on any atom is -0.464 e. The van der Waals surface area contributed by atoms with Gasteiger partial charge in [0.15, 0.2) is 0 Å².